The Morgan fingerprint density at radius 1 is 0.960 bits per heavy atom. The maximum atomic E-state index is 12.5. The first-order chi connectivity index (χ1) is 12.1. The molecule has 0 bridgehead atoms. The number of thiocarbonyl (C=S) groups is 1. The summed E-state index contributed by atoms with van der Waals surface area (Å²) in [5.41, 5.74) is 2.86. The predicted octanol–water partition coefficient (Wildman–Crippen LogP) is 3.80. The molecule has 0 atom stereocenters. The van der Waals surface area contributed by atoms with Crippen LogP contribution in [0.2, 0.25) is 0 Å². The SMILES string of the molecule is CN(C)N(C([O-])=S=C=S)c1ccccc1-c1ccc2ccccc2c1. The monoisotopic (exact) mass is 365 g/mol. The first-order valence-electron chi connectivity index (χ1n) is 7.75. The van der Waals surface area contributed by atoms with Gasteiger partial charge in [-0.1, -0.05) is 65.5 Å². The fraction of sp³-hybridized carbons (Fsp3) is 0.100. The van der Waals surface area contributed by atoms with Gasteiger partial charge in [-0.15, -0.1) is 0 Å². The third-order valence-corrected chi connectivity index (χ3v) is 4.58. The van der Waals surface area contributed by atoms with Crippen LogP contribution in [0, 0.1) is 0 Å². The van der Waals surface area contributed by atoms with E-state index >= 15 is 0 Å². The normalized spacial score (nSPS) is 10.6. The maximum Gasteiger partial charge on any atom is 0.0649 e. The molecule has 3 aromatic carbocycles. The van der Waals surface area contributed by atoms with Crippen molar-refractivity contribution in [1.29, 1.82) is 0 Å². The van der Waals surface area contributed by atoms with Crippen molar-refractivity contribution in [1.82, 2.24) is 5.01 Å². The van der Waals surface area contributed by atoms with E-state index in [0.717, 1.165) is 27.8 Å². The third-order valence-electron chi connectivity index (χ3n) is 3.89. The highest BCUT2D eigenvalue weighted by Gasteiger charge is 2.14. The molecule has 25 heavy (non-hydrogen) atoms. The average molecular weight is 366 g/mol. The molecule has 0 radical (unpaired) electrons. The molecule has 3 nitrogen and oxygen atoms in total. The number of hydrogen-bond donors (Lipinski definition) is 0. The highest BCUT2D eigenvalue weighted by atomic mass is 32.1. The minimum Gasteiger partial charge on any atom is -0.804 e. The number of hydrogen-bond acceptors (Lipinski definition) is 3. The number of fused-ring (bicyclic) bond motifs is 1. The van der Waals surface area contributed by atoms with Gasteiger partial charge in [0.25, 0.3) is 0 Å². The van der Waals surface area contributed by atoms with Crippen molar-refractivity contribution in [2.24, 2.45) is 0 Å². The summed E-state index contributed by atoms with van der Waals surface area (Å²) in [4.78, 5) is 0. The maximum absolute atomic E-state index is 12.5. The lowest BCUT2D eigenvalue weighted by Crippen LogP contribution is -2.47. The van der Waals surface area contributed by atoms with Gasteiger partial charge in [-0.05, 0) is 40.7 Å². The third kappa shape index (κ3) is 3.71. The number of anilines is 1. The Morgan fingerprint density at radius 3 is 2.36 bits per heavy atom. The minimum atomic E-state index is -0.187. The minimum absolute atomic E-state index is 0.187. The van der Waals surface area contributed by atoms with E-state index in [1.807, 2.05) is 50.5 Å². The van der Waals surface area contributed by atoms with E-state index in [9.17, 15) is 5.11 Å². The smallest absolute Gasteiger partial charge is 0.0649 e. The fourth-order valence-corrected chi connectivity index (χ4v) is 3.45. The lowest BCUT2D eigenvalue weighted by molar-refractivity contribution is -0.214. The Morgan fingerprint density at radius 2 is 1.64 bits per heavy atom. The van der Waals surface area contributed by atoms with Gasteiger partial charge in [0.1, 0.15) is 0 Å². The molecule has 126 valence electrons. The number of nitrogens with zero attached hydrogens (tertiary/aromatic N) is 2. The summed E-state index contributed by atoms with van der Waals surface area (Å²) in [6, 6.07) is 22.4. The molecule has 0 saturated heterocycles. The molecule has 0 aromatic heterocycles. The molecule has 0 fully saturated rings. The first kappa shape index (κ1) is 17.5. The van der Waals surface area contributed by atoms with Crippen molar-refractivity contribution >= 4 is 49.1 Å². The van der Waals surface area contributed by atoms with Gasteiger partial charge < -0.3 is 5.11 Å². The summed E-state index contributed by atoms with van der Waals surface area (Å²) in [7, 11) is 4.54. The summed E-state index contributed by atoms with van der Waals surface area (Å²) < 4.78 is 2.44. The van der Waals surface area contributed by atoms with Crippen LogP contribution in [0.1, 0.15) is 0 Å². The topological polar surface area (TPSA) is 29.5 Å². The summed E-state index contributed by atoms with van der Waals surface area (Å²) in [5, 5.41) is 18.0. The first-order valence-corrected chi connectivity index (χ1v) is 8.98. The van der Waals surface area contributed by atoms with Crippen molar-refractivity contribution in [2.45, 2.75) is 0 Å². The van der Waals surface area contributed by atoms with Gasteiger partial charge in [-0.25, -0.2) is 5.01 Å². The van der Waals surface area contributed by atoms with E-state index in [1.54, 1.807) is 10.0 Å². The molecule has 3 rings (SSSR count). The molecule has 3 aromatic rings. The molecule has 0 amide bonds. The molecular weight excluding hydrogens is 348 g/mol. The summed E-state index contributed by atoms with van der Waals surface area (Å²) >= 11 is 4.71. The van der Waals surface area contributed by atoms with Crippen molar-refractivity contribution in [3.05, 3.63) is 66.7 Å². The number of rotatable bonds is 3. The lowest BCUT2D eigenvalue weighted by Gasteiger charge is -2.36. The van der Waals surface area contributed by atoms with Crippen molar-refractivity contribution in [3.63, 3.8) is 0 Å². The molecule has 0 aliphatic carbocycles. The Hall–Kier alpha value is -2.27. The van der Waals surface area contributed by atoms with Gasteiger partial charge in [0.05, 0.1) is 5.69 Å². The van der Waals surface area contributed by atoms with Crippen molar-refractivity contribution < 1.29 is 5.11 Å². The Balaban J connectivity index is 2.20. The average Bonchev–Trinajstić information content (AvgIpc) is 2.62. The van der Waals surface area contributed by atoms with Crippen molar-refractivity contribution in [2.75, 3.05) is 19.1 Å². The molecule has 0 saturated carbocycles. The van der Waals surface area contributed by atoms with Crippen LogP contribution in [-0.4, -0.2) is 28.6 Å². The zero-order valence-electron chi connectivity index (χ0n) is 14.0. The zero-order chi connectivity index (χ0) is 17.8. The van der Waals surface area contributed by atoms with E-state index < -0.39 is 0 Å². The van der Waals surface area contributed by atoms with Crippen LogP contribution < -0.4 is 10.1 Å². The highest BCUT2D eigenvalue weighted by Crippen LogP contribution is 2.33. The largest absolute Gasteiger partial charge is 0.804 e. The molecule has 0 aliphatic rings. The van der Waals surface area contributed by atoms with Gasteiger partial charge in [-0.2, -0.15) is 0 Å². The van der Waals surface area contributed by atoms with Gasteiger partial charge in [0, 0.05) is 29.1 Å². The van der Waals surface area contributed by atoms with E-state index in [1.165, 1.54) is 10.8 Å². The van der Waals surface area contributed by atoms with Crippen LogP contribution in [0.4, 0.5) is 5.69 Å². The second-order valence-electron chi connectivity index (χ2n) is 5.69. The Labute approximate surface area is 156 Å². The van der Waals surface area contributed by atoms with E-state index in [0.29, 0.717) is 0 Å². The van der Waals surface area contributed by atoms with Gasteiger partial charge in [-0.3, -0.25) is 5.01 Å². The van der Waals surface area contributed by atoms with E-state index in [4.69, 9.17) is 12.2 Å². The van der Waals surface area contributed by atoms with Crippen molar-refractivity contribution in [3.8, 4) is 11.1 Å². The molecular formula is C20H17N2OS2-. The summed E-state index contributed by atoms with van der Waals surface area (Å²) in [6.45, 7) is 0. The highest BCUT2D eigenvalue weighted by molar-refractivity contribution is 8.04. The zero-order valence-corrected chi connectivity index (χ0v) is 15.6. The molecule has 0 spiro atoms. The van der Waals surface area contributed by atoms with Crippen LogP contribution in [-0.2, 0) is 0 Å². The van der Waals surface area contributed by atoms with Crippen LogP contribution in [0.5, 0.6) is 0 Å². The number of benzene rings is 3. The standard InChI is InChI=1S/C20H18N2OS2/c1-21(2)22(20(23)25-14-24)19-10-6-5-9-18(19)17-12-11-15-7-3-4-8-16(15)13-17/h3-13,23H,1-2H3/p-1. The van der Waals surface area contributed by atoms with Crippen LogP contribution >= 0.6 is 23.2 Å². The Kier molecular flexibility index (Phi) is 5.43. The molecule has 0 N–H and O–H groups in total. The van der Waals surface area contributed by atoms with E-state index in [2.05, 4.69) is 34.6 Å². The number of hydrazine groups is 1. The van der Waals surface area contributed by atoms with E-state index in [-0.39, 0.29) is 5.17 Å². The summed E-state index contributed by atoms with van der Waals surface area (Å²) in [5.74, 6) is 0. The van der Waals surface area contributed by atoms with Gasteiger partial charge >= 0.3 is 0 Å². The molecule has 0 aliphatic heterocycles. The van der Waals surface area contributed by atoms with Crippen LogP contribution in [0.15, 0.2) is 66.7 Å². The molecule has 0 heterocycles. The second-order valence-corrected chi connectivity index (χ2v) is 6.91. The quantitative estimate of drug-likeness (QED) is 0.521. The van der Waals surface area contributed by atoms with Gasteiger partial charge in [0.2, 0.25) is 0 Å². The Bertz CT molecular complexity index is 1000. The molecule has 5 heteroatoms. The fourth-order valence-electron chi connectivity index (χ4n) is 2.82. The number of para-hydroxylation sites is 1. The lowest BCUT2D eigenvalue weighted by atomic mass is 10.00. The van der Waals surface area contributed by atoms with Crippen LogP contribution in [0.25, 0.3) is 21.9 Å². The van der Waals surface area contributed by atoms with Crippen LogP contribution in [0.3, 0.4) is 0 Å². The van der Waals surface area contributed by atoms with Gasteiger partial charge in [0.15, 0.2) is 0 Å². The molecule has 0 unspecified atom stereocenters. The predicted molar refractivity (Wildman–Crippen MR) is 111 cm³/mol. The second kappa shape index (κ2) is 7.74. The summed E-state index contributed by atoms with van der Waals surface area (Å²) in [6.07, 6.45) is 0.